The molecule has 5 heteroatoms. The van der Waals surface area contributed by atoms with E-state index in [0.29, 0.717) is 16.9 Å². The summed E-state index contributed by atoms with van der Waals surface area (Å²) < 4.78 is 4.09. The monoisotopic (exact) mass is 462 g/mol. The molecule has 4 aromatic rings. The Labute approximate surface area is 181 Å². The molecule has 0 radical (unpaired) electrons. The van der Waals surface area contributed by atoms with Crippen molar-refractivity contribution in [1.29, 1.82) is 0 Å². The fourth-order valence-electron chi connectivity index (χ4n) is 3.19. The Morgan fingerprint density at radius 1 is 1.03 bits per heavy atom. The Balaban J connectivity index is 1.64. The number of amides is 1. The molecule has 3 aromatic carbocycles. The minimum absolute atomic E-state index is 0.236. The van der Waals surface area contributed by atoms with Gasteiger partial charge in [-0.2, -0.15) is 4.99 Å². The number of allylic oxidation sites excluding steroid dienone is 1. The van der Waals surface area contributed by atoms with E-state index >= 15 is 0 Å². The van der Waals surface area contributed by atoms with Gasteiger partial charge in [-0.05, 0) is 47.9 Å². The second-order valence-electron chi connectivity index (χ2n) is 6.67. The number of rotatable bonds is 5. The molecule has 1 heterocycles. The highest BCUT2D eigenvalue weighted by Crippen LogP contribution is 2.22. The van der Waals surface area contributed by atoms with E-state index < -0.39 is 0 Å². The molecule has 4 rings (SSSR count). The quantitative estimate of drug-likeness (QED) is 0.335. The summed E-state index contributed by atoms with van der Waals surface area (Å²) in [5.41, 5.74) is 4.05. The second-order valence-corrected chi connectivity index (χ2v) is 8.60. The van der Waals surface area contributed by atoms with E-state index in [4.69, 9.17) is 0 Å². The highest BCUT2D eigenvalue weighted by atomic mass is 79.9. The van der Waals surface area contributed by atoms with Crippen molar-refractivity contribution in [3.05, 3.63) is 111 Å². The third-order valence-electron chi connectivity index (χ3n) is 4.61. The average molecular weight is 463 g/mol. The van der Waals surface area contributed by atoms with Gasteiger partial charge < -0.3 is 4.57 Å². The van der Waals surface area contributed by atoms with E-state index in [1.165, 1.54) is 22.5 Å². The topological polar surface area (TPSA) is 34.4 Å². The molecule has 0 aliphatic carbocycles. The first-order valence-electron chi connectivity index (χ1n) is 9.26. The van der Waals surface area contributed by atoms with E-state index in [2.05, 4.69) is 39.6 Å². The molecule has 0 unspecified atom stereocenters. The maximum atomic E-state index is 12.8. The predicted molar refractivity (Wildman–Crippen MR) is 123 cm³/mol. The minimum atomic E-state index is -0.236. The standard InChI is InChI=1S/C24H19BrN2OS/c1-2-14-27-21-13-12-20(25)16-22(21)29-24(27)26-23(28)19-10-8-18(9-11-19)15-17-6-4-3-5-7-17/h2-13,16H,1,14-15H2. The van der Waals surface area contributed by atoms with Crippen LogP contribution in [0.5, 0.6) is 0 Å². The minimum Gasteiger partial charge on any atom is -0.312 e. The molecule has 0 N–H and O–H groups in total. The Kier molecular flexibility index (Phi) is 5.88. The smallest absolute Gasteiger partial charge is 0.279 e. The van der Waals surface area contributed by atoms with Gasteiger partial charge in [-0.15, -0.1) is 6.58 Å². The van der Waals surface area contributed by atoms with Gasteiger partial charge in [0.15, 0.2) is 4.80 Å². The number of nitrogens with zero attached hydrogens (tertiary/aromatic N) is 2. The van der Waals surface area contributed by atoms with Crippen LogP contribution in [0, 0.1) is 0 Å². The summed E-state index contributed by atoms with van der Waals surface area (Å²) >= 11 is 5.01. The lowest BCUT2D eigenvalue weighted by molar-refractivity contribution is 0.0998. The highest BCUT2D eigenvalue weighted by molar-refractivity contribution is 9.10. The van der Waals surface area contributed by atoms with Crippen LogP contribution in [0.4, 0.5) is 0 Å². The van der Waals surface area contributed by atoms with Crippen LogP contribution in [0.1, 0.15) is 21.5 Å². The number of thiazole rings is 1. The van der Waals surface area contributed by atoms with Crippen molar-refractivity contribution < 1.29 is 4.79 Å². The van der Waals surface area contributed by atoms with Crippen LogP contribution in [0.2, 0.25) is 0 Å². The zero-order chi connectivity index (χ0) is 20.2. The number of halogens is 1. The zero-order valence-corrected chi connectivity index (χ0v) is 18.1. The third-order valence-corrected chi connectivity index (χ3v) is 6.14. The van der Waals surface area contributed by atoms with Crippen molar-refractivity contribution in [2.75, 3.05) is 0 Å². The van der Waals surface area contributed by atoms with Gasteiger partial charge in [0, 0.05) is 16.6 Å². The third kappa shape index (κ3) is 4.47. The molecule has 144 valence electrons. The molecule has 0 saturated heterocycles. The summed E-state index contributed by atoms with van der Waals surface area (Å²) in [5, 5.41) is 0. The lowest BCUT2D eigenvalue weighted by Gasteiger charge is -2.03. The number of carbonyl (C=O) groups excluding carboxylic acids is 1. The zero-order valence-electron chi connectivity index (χ0n) is 15.7. The first-order valence-corrected chi connectivity index (χ1v) is 10.9. The van der Waals surface area contributed by atoms with Gasteiger partial charge in [-0.25, -0.2) is 0 Å². The molecule has 0 bridgehead atoms. The van der Waals surface area contributed by atoms with Gasteiger partial charge in [-0.3, -0.25) is 4.79 Å². The summed E-state index contributed by atoms with van der Waals surface area (Å²) in [6, 6.07) is 24.1. The number of aromatic nitrogens is 1. The first kappa shape index (κ1) is 19.6. The number of fused-ring (bicyclic) bond motifs is 1. The Morgan fingerprint density at radius 3 is 2.48 bits per heavy atom. The molecular weight excluding hydrogens is 444 g/mol. The molecule has 0 atom stereocenters. The van der Waals surface area contributed by atoms with E-state index in [1.807, 2.05) is 71.3 Å². The maximum Gasteiger partial charge on any atom is 0.279 e. The maximum absolute atomic E-state index is 12.8. The fraction of sp³-hybridized carbons (Fsp3) is 0.0833. The average Bonchev–Trinajstić information content (AvgIpc) is 3.05. The fourth-order valence-corrected chi connectivity index (χ4v) is 4.78. The van der Waals surface area contributed by atoms with Crippen LogP contribution in [-0.2, 0) is 13.0 Å². The van der Waals surface area contributed by atoms with E-state index in [-0.39, 0.29) is 5.91 Å². The second kappa shape index (κ2) is 8.72. The molecule has 1 aromatic heterocycles. The number of benzene rings is 3. The van der Waals surface area contributed by atoms with E-state index in [9.17, 15) is 4.79 Å². The Morgan fingerprint density at radius 2 is 1.76 bits per heavy atom. The van der Waals surface area contributed by atoms with Crippen molar-refractivity contribution in [3.8, 4) is 0 Å². The van der Waals surface area contributed by atoms with Crippen molar-refractivity contribution in [3.63, 3.8) is 0 Å². The van der Waals surface area contributed by atoms with Crippen LogP contribution in [-0.4, -0.2) is 10.5 Å². The molecule has 1 amide bonds. The molecule has 3 nitrogen and oxygen atoms in total. The summed E-state index contributed by atoms with van der Waals surface area (Å²) in [6.45, 7) is 4.43. The lowest BCUT2D eigenvalue weighted by Crippen LogP contribution is -2.16. The summed E-state index contributed by atoms with van der Waals surface area (Å²) in [5.74, 6) is -0.236. The molecular formula is C24H19BrN2OS. The molecule has 0 saturated carbocycles. The molecule has 0 fully saturated rings. The van der Waals surface area contributed by atoms with Crippen molar-refractivity contribution >= 4 is 43.4 Å². The predicted octanol–water partition coefficient (Wildman–Crippen LogP) is 5.98. The largest absolute Gasteiger partial charge is 0.312 e. The molecule has 0 spiro atoms. The van der Waals surface area contributed by atoms with Crippen LogP contribution in [0.25, 0.3) is 10.2 Å². The van der Waals surface area contributed by atoms with Gasteiger partial charge >= 0.3 is 0 Å². The summed E-state index contributed by atoms with van der Waals surface area (Å²) in [7, 11) is 0. The molecule has 0 aliphatic rings. The van der Waals surface area contributed by atoms with Gasteiger partial charge in [0.1, 0.15) is 0 Å². The van der Waals surface area contributed by atoms with Crippen molar-refractivity contribution in [2.24, 2.45) is 4.99 Å². The Hall–Kier alpha value is -2.76. The van der Waals surface area contributed by atoms with E-state index in [0.717, 1.165) is 21.1 Å². The lowest BCUT2D eigenvalue weighted by atomic mass is 10.0. The van der Waals surface area contributed by atoms with Gasteiger partial charge in [0.2, 0.25) is 0 Å². The van der Waals surface area contributed by atoms with Gasteiger partial charge in [0.05, 0.1) is 10.2 Å². The van der Waals surface area contributed by atoms with Crippen LogP contribution >= 0.6 is 27.3 Å². The van der Waals surface area contributed by atoms with Crippen LogP contribution in [0.3, 0.4) is 0 Å². The van der Waals surface area contributed by atoms with Gasteiger partial charge in [-0.1, -0.05) is 75.8 Å². The van der Waals surface area contributed by atoms with Crippen molar-refractivity contribution in [1.82, 2.24) is 4.57 Å². The Bertz CT molecular complexity index is 1240. The van der Waals surface area contributed by atoms with Crippen LogP contribution < -0.4 is 4.80 Å². The SMILES string of the molecule is C=CCn1c(=NC(=O)c2ccc(Cc3ccccc3)cc2)sc2cc(Br)ccc21. The van der Waals surface area contributed by atoms with Crippen molar-refractivity contribution in [2.45, 2.75) is 13.0 Å². The molecule has 29 heavy (non-hydrogen) atoms. The summed E-state index contributed by atoms with van der Waals surface area (Å²) in [4.78, 5) is 17.9. The number of carbonyl (C=O) groups is 1. The summed E-state index contributed by atoms with van der Waals surface area (Å²) in [6.07, 6.45) is 2.66. The van der Waals surface area contributed by atoms with Gasteiger partial charge in [0.25, 0.3) is 5.91 Å². The first-order chi connectivity index (χ1) is 14.1. The van der Waals surface area contributed by atoms with E-state index in [1.54, 1.807) is 0 Å². The highest BCUT2D eigenvalue weighted by Gasteiger charge is 2.09. The number of hydrogen-bond donors (Lipinski definition) is 0. The molecule has 0 aliphatic heterocycles. The van der Waals surface area contributed by atoms with Crippen LogP contribution in [0.15, 0.2) is 94.9 Å². The number of hydrogen-bond acceptors (Lipinski definition) is 2. The normalized spacial score (nSPS) is 11.7.